The Balaban J connectivity index is 0.000000326. The second kappa shape index (κ2) is 9.78. The molecule has 0 aromatic heterocycles. The fourth-order valence-electron chi connectivity index (χ4n) is 3.40. The predicted molar refractivity (Wildman–Crippen MR) is 109 cm³/mol. The molecule has 2 saturated carbocycles. The van der Waals surface area contributed by atoms with Gasteiger partial charge in [-0.1, -0.05) is 26.7 Å². The van der Waals surface area contributed by atoms with E-state index in [1.807, 2.05) is 13.8 Å². The van der Waals surface area contributed by atoms with Gasteiger partial charge in [0.1, 0.15) is 16.7 Å². The molecule has 4 atom stereocenters. The fourth-order valence-corrected chi connectivity index (χ4v) is 3.40. The molecule has 8 nitrogen and oxygen atoms in total. The molecule has 0 heterocycles. The third-order valence-electron chi connectivity index (χ3n) is 5.26. The first-order valence-electron chi connectivity index (χ1n) is 10.5. The van der Waals surface area contributed by atoms with Crippen molar-refractivity contribution in [3.8, 4) is 0 Å². The number of hydrogen-bond donors (Lipinski definition) is 2. The molecule has 0 bridgehead atoms. The summed E-state index contributed by atoms with van der Waals surface area (Å²) in [5, 5.41) is 2.67. The van der Waals surface area contributed by atoms with Crippen LogP contribution in [0.4, 0.5) is 4.79 Å². The van der Waals surface area contributed by atoms with Crippen molar-refractivity contribution >= 4 is 18.0 Å². The van der Waals surface area contributed by atoms with Gasteiger partial charge in [0.15, 0.2) is 0 Å². The first-order valence-corrected chi connectivity index (χ1v) is 10.5. The van der Waals surface area contributed by atoms with Crippen LogP contribution in [0, 0.1) is 11.8 Å². The number of nitrogens with one attached hydrogen (secondary N) is 1. The van der Waals surface area contributed by atoms with E-state index in [1.54, 1.807) is 34.6 Å². The summed E-state index contributed by atoms with van der Waals surface area (Å²) in [6.07, 6.45) is 2.65. The maximum atomic E-state index is 11.9. The Kier molecular flexibility index (Phi) is 8.50. The normalized spacial score (nSPS) is 29.7. The molecule has 2 aliphatic rings. The van der Waals surface area contributed by atoms with Gasteiger partial charge in [-0.2, -0.15) is 0 Å². The van der Waals surface area contributed by atoms with Gasteiger partial charge in [-0.05, 0) is 59.3 Å². The Morgan fingerprint density at radius 3 is 1.83 bits per heavy atom. The summed E-state index contributed by atoms with van der Waals surface area (Å²) >= 11 is 0. The second-order valence-corrected chi connectivity index (χ2v) is 8.70. The van der Waals surface area contributed by atoms with Gasteiger partial charge in [0, 0.05) is 0 Å². The van der Waals surface area contributed by atoms with Crippen LogP contribution in [0.3, 0.4) is 0 Å². The van der Waals surface area contributed by atoms with E-state index in [0.29, 0.717) is 25.6 Å². The lowest BCUT2D eigenvalue weighted by Gasteiger charge is -2.23. The number of hydrogen-bond acceptors (Lipinski definition) is 7. The van der Waals surface area contributed by atoms with Crippen LogP contribution in [0.2, 0.25) is 0 Å². The lowest BCUT2D eigenvalue weighted by atomic mass is 10.1. The molecule has 2 fully saturated rings. The molecule has 0 saturated heterocycles. The van der Waals surface area contributed by atoms with Gasteiger partial charge in [-0.15, -0.1) is 0 Å². The van der Waals surface area contributed by atoms with Crippen molar-refractivity contribution in [2.24, 2.45) is 17.6 Å². The van der Waals surface area contributed by atoms with Crippen LogP contribution in [-0.4, -0.2) is 47.9 Å². The zero-order valence-corrected chi connectivity index (χ0v) is 18.9. The molecule has 2 rings (SSSR count). The van der Waals surface area contributed by atoms with E-state index in [2.05, 4.69) is 5.32 Å². The third-order valence-corrected chi connectivity index (χ3v) is 5.26. The molecule has 2 aliphatic carbocycles. The third kappa shape index (κ3) is 6.59. The second-order valence-electron chi connectivity index (χ2n) is 8.70. The molecule has 1 amide bonds. The van der Waals surface area contributed by atoms with Crippen LogP contribution in [0.5, 0.6) is 0 Å². The minimum Gasteiger partial charge on any atom is -0.465 e. The number of esters is 2. The molecule has 0 spiro atoms. The van der Waals surface area contributed by atoms with Crippen LogP contribution in [0.25, 0.3) is 0 Å². The molecule has 0 radical (unpaired) electrons. The van der Waals surface area contributed by atoms with Gasteiger partial charge in [0.25, 0.3) is 0 Å². The molecule has 0 aromatic carbocycles. The molecule has 0 unspecified atom stereocenters. The number of amides is 1. The van der Waals surface area contributed by atoms with Gasteiger partial charge in [0.05, 0.1) is 13.2 Å². The summed E-state index contributed by atoms with van der Waals surface area (Å²) in [7, 11) is 0. The van der Waals surface area contributed by atoms with Crippen LogP contribution in [0.15, 0.2) is 0 Å². The van der Waals surface area contributed by atoms with Crippen molar-refractivity contribution in [3.05, 3.63) is 0 Å². The predicted octanol–water partition coefficient (Wildman–Crippen LogP) is 2.92. The maximum absolute atomic E-state index is 11.9. The minimum absolute atomic E-state index is 0.143. The summed E-state index contributed by atoms with van der Waals surface area (Å²) in [6.45, 7) is 13.7. The van der Waals surface area contributed by atoms with Crippen molar-refractivity contribution in [2.75, 3.05) is 13.2 Å². The Hall–Kier alpha value is -1.83. The average Bonchev–Trinajstić information content (AvgIpc) is 3.49. The highest BCUT2D eigenvalue weighted by Crippen LogP contribution is 2.47. The molecule has 3 N–H and O–H groups in total. The first kappa shape index (κ1) is 25.2. The van der Waals surface area contributed by atoms with Crippen LogP contribution in [-0.2, 0) is 23.8 Å². The highest BCUT2D eigenvalue weighted by molar-refractivity contribution is 5.89. The van der Waals surface area contributed by atoms with Gasteiger partial charge in [0.2, 0.25) is 0 Å². The van der Waals surface area contributed by atoms with E-state index in [4.69, 9.17) is 19.9 Å². The summed E-state index contributed by atoms with van der Waals surface area (Å²) < 4.78 is 15.0. The summed E-state index contributed by atoms with van der Waals surface area (Å²) in [6, 6.07) is 0. The first-order chi connectivity index (χ1) is 13.4. The summed E-state index contributed by atoms with van der Waals surface area (Å²) in [4.78, 5) is 34.8. The Morgan fingerprint density at radius 2 is 1.45 bits per heavy atom. The molecule has 0 aliphatic heterocycles. The number of rotatable bonds is 7. The van der Waals surface area contributed by atoms with E-state index in [9.17, 15) is 14.4 Å². The molecular weight excluding hydrogens is 376 g/mol. The van der Waals surface area contributed by atoms with E-state index < -0.39 is 22.8 Å². The number of carbonyl (C=O) groups is 3. The highest BCUT2D eigenvalue weighted by atomic mass is 16.6. The van der Waals surface area contributed by atoms with Gasteiger partial charge >= 0.3 is 18.0 Å². The Bertz CT molecular complexity index is 602. The summed E-state index contributed by atoms with van der Waals surface area (Å²) in [5.41, 5.74) is 3.68. The van der Waals surface area contributed by atoms with Crippen molar-refractivity contribution in [1.29, 1.82) is 0 Å². The van der Waals surface area contributed by atoms with Gasteiger partial charge in [-0.3, -0.25) is 4.79 Å². The largest absolute Gasteiger partial charge is 0.465 e. The molecule has 29 heavy (non-hydrogen) atoms. The fraction of sp³-hybridized carbons (Fsp3) is 0.857. The molecule has 8 heteroatoms. The Morgan fingerprint density at radius 1 is 0.931 bits per heavy atom. The van der Waals surface area contributed by atoms with E-state index in [1.165, 1.54) is 0 Å². The maximum Gasteiger partial charge on any atom is 0.408 e. The minimum atomic E-state index is -0.868. The van der Waals surface area contributed by atoms with E-state index in [-0.39, 0.29) is 17.9 Å². The van der Waals surface area contributed by atoms with Crippen LogP contribution < -0.4 is 11.1 Å². The molecule has 0 aromatic rings. The number of ether oxygens (including phenoxy) is 3. The highest BCUT2D eigenvalue weighted by Gasteiger charge is 2.62. The zero-order valence-electron chi connectivity index (χ0n) is 18.9. The lowest BCUT2D eigenvalue weighted by molar-refractivity contribution is -0.147. The zero-order chi connectivity index (χ0) is 22.5. The number of alkyl carbamates (subject to hydrolysis) is 1. The molecular formula is C21H38N2O6. The topological polar surface area (TPSA) is 117 Å². The van der Waals surface area contributed by atoms with Crippen LogP contribution in [0.1, 0.15) is 74.1 Å². The van der Waals surface area contributed by atoms with E-state index in [0.717, 1.165) is 19.3 Å². The molecule has 168 valence electrons. The summed E-state index contributed by atoms with van der Waals surface area (Å²) in [5.74, 6) is -0.0971. The number of carbonyl (C=O) groups excluding carboxylic acids is 3. The van der Waals surface area contributed by atoms with Crippen molar-refractivity contribution < 1.29 is 28.6 Å². The average molecular weight is 415 g/mol. The van der Waals surface area contributed by atoms with Crippen molar-refractivity contribution in [2.45, 2.75) is 90.8 Å². The van der Waals surface area contributed by atoms with Gasteiger partial charge in [-0.25, -0.2) is 9.59 Å². The number of nitrogens with two attached hydrogens (primary N) is 1. The smallest absolute Gasteiger partial charge is 0.408 e. The standard InChI is InChI=1S/C13H23NO4.C8H15NO2/c1-6-9-8-13(9,10(15)17-7-2)14-11(16)18-12(3,4)5;1-3-6-5-8(6,9)7(10)11-4-2/h9H,6-8H2,1-5H3,(H,14,16);6H,3-5,9H2,1-2H3/t9-,13+;6-,8+/m11/s1. The Labute approximate surface area is 174 Å². The monoisotopic (exact) mass is 414 g/mol. The van der Waals surface area contributed by atoms with Gasteiger partial charge < -0.3 is 25.3 Å². The quantitative estimate of drug-likeness (QED) is 0.486. The lowest BCUT2D eigenvalue weighted by Crippen LogP contribution is -2.47. The SMILES string of the molecule is CCOC(=O)[C@]1(N)C[C@H]1CC.CCOC(=O)[C@]1(NC(=O)OC(C)(C)C)C[C@H]1CC. The van der Waals surface area contributed by atoms with Crippen molar-refractivity contribution in [3.63, 3.8) is 0 Å². The van der Waals surface area contributed by atoms with E-state index >= 15 is 0 Å². The van der Waals surface area contributed by atoms with Crippen LogP contribution >= 0.6 is 0 Å². The van der Waals surface area contributed by atoms with Crippen molar-refractivity contribution in [1.82, 2.24) is 5.32 Å².